The molecule has 0 amide bonds. The highest BCUT2D eigenvalue weighted by molar-refractivity contribution is 6.33. The lowest BCUT2D eigenvalue weighted by atomic mass is 9.92. The molecule has 0 unspecified atom stereocenters. The lowest BCUT2D eigenvalue weighted by Gasteiger charge is -2.18. The number of pyridine rings is 1. The molecule has 1 aromatic heterocycles. The van der Waals surface area contributed by atoms with Crippen LogP contribution in [0.1, 0.15) is 24.8 Å². The summed E-state index contributed by atoms with van der Waals surface area (Å²) < 4.78 is 0.663. The number of hydrogen-bond acceptors (Lipinski definition) is 4. The van der Waals surface area contributed by atoms with Gasteiger partial charge < -0.3 is 15.1 Å². The predicted octanol–water partition coefficient (Wildman–Crippen LogP) is 3.21. The molecule has 0 atom stereocenters. The number of carboxylic acid groups (broad SMARTS) is 1. The number of anilines is 1. The van der Waals surface area contributed by atoms with Gasteiger partial charge in [-0.1, -0.05) is 29.8 Å². The number of rotatable bonds is 5. The fourth-order valence-electron chi connectivity index (χ4n) is 3.72. The zero-order valence-corrected chi connectivity index (χ0v) is 19.2. The van der Waals surface area contributed by atoms with Crippen LogP contribution in [-0.4, -0.2) is 34.8 Å². The van der Waals surface area contributed by atoms with Crippen molar-refractivity contribution in [3.8, 4) is 5.88 Å². The van der Waals surface area contributed by atoms with Crippen molar-refractivity contribution in [3.05, 3.63) is 78.2 Å². The minimum absolute atomic E-state index is 0.0430. The molecule has 0 saturated heterocycles. The van der Waals surface area contributed by atoms with E-state index in [2.05, 4.69) is 11.4 Å². The van der Waals surface area contributed by atoms with Gasteiger partial charge in [0.1, 0.15) is 6.54 Å². The number of carboxylic acids is 1. The van der Waals surface area contributed by atoms with Crippen LogP contribution in [0.3, 0.4) is 0 Å². The second-order valence-corrected chi connectivity index (χ2v) is 8.33. The Balaban J connectivity index is 2.16. The molecule has 2 aromatic rings. The van der Waals surface area contributed by atoms with Crippen molar-refractivity contribution in [2.24, 2.45) is 0 Å². The largest absolute Gasteiger partial charge is 0.503 e. The molecule has 33 heavy (non-hydrogen) atoms. The Bertz CT molecular complexity index is 1380. The number of aliphatic carboxylic acids is 1. The second-order valence-electron chi connectivity index (χ2n) is 7.95. The fourth-order valence-corrected chi connectivity index (χ4v) is 4.02. The van der Waals surface area contributed by atoms with Gasteiger partial charge in [0, 0.05) is 30.0 Å². The van der Waals surface area contributed by atoms with Crippen molar-refractivity contribution in [2.45, 2.75) is 25.8 Å². The van der Waals surface area contributed by atoms with Gasteiger partial charge >= 0.3 is 5.97 Å². The highest BCUT2D eigenvalue weighted by Gasteiger charge is 2.18. The third-order valence-electron chi connectivity index (χ3n) is 5.48. The summed E-state index contributed by atoms with van der Waals surface area (Å²) in [6, 6.07) is 8.04. The number of benzene rings is 1. The van der Waals surface area contributed by atoms with Gasteiger partial charge in [-0.3, -0.25) is 14.2 Å². The van der Waals surface area contributed by atoms with E-state index in [1.54, 1.807) is 6.08 Å². The molecule has 0 aliphatic heterocycles. The van der Waals surface area contributed by atoms with Crippen LogP contribution >= 0.6 is 11.6 Å². The van der Waals surface area contributed by atoms with E-state index >= 15 is 0 Å². The van der Waals surface area contributed by atoms with Gasteiger partial charge in [-0.15, -0.1) is 6.58 Å². The van der Waals surface area contributed by atoms with Gasteiger partial charge in [0.15, 0.2) is 5.88 Å². The molecule has 7 nitrogen and oxygen atoms in total. The first-order valence-corrected chi connectivity index (χ1v) is 10.6. The van der Waals surface area contributed by atoms with E-state index < -0.39 is 24.0 Å². The van der Waals surface area contributed by atoms with Gasteiger partial charge in [-0.05, 0) is 59.4 Å². The molecule has 3 rings (SSSR count). The molecular formula is C25H24ClN3O4. The highest BCUT2D eigenvalue weighted by Crippen LogP contribution is 2.34. The number of carbonyl (C=O) groups is 1. The SMILES string of the molecule is [C-]#[N+]c1c(O)n(CC(=O)O)c(=O)c(=CC2=C(Cl)C(=Cc3ccc(N(C)C)cc3)CCC2)c1=C. The molecule has 1 aromatic carbocycles. The Morgan fingerprint density at radius 3 is 2.52 bits per heavy atom. The first kappa shape index (κ1) is 23.9. The average molecular weight is 466 g/mol. The van der Waals surface area contributed by atoms with Gasteiger partial charge in [-0.2, -0.15) is 0 Å². The summed E-state index contributed by atoms with van der Waals surface area (Å²) in [5.74, 6) is -2.02. The van der Waals surface area contributed by atoms with Gasteiger partial charge in [0.2, 0.25) is 0 Å². The minimum atomic E-state index is -1.31. The standard InChI is InChI=1S/C25H24ClN3O4/c1-15-20(24(32)29(14-21(30)31)25(33)23(15)27-2)13-18-7-5-6-17(22(18)26)12-16-8-10-19(11-9-16)28(3)4/h8-13,33H,1,5-7,14H2,3-4H3,(H,30,31). The number of aromatic nitrogens is 1. The van der Waals surface area contributed by atoms with Crippen molar-refractivity contribution >= 4 is 47.7 Å². The number of aromatic hydroxyl groups is 1. The highest BCUT2D eigenvalue weighted by atomic mass is 35.5. The van der Waals surface area contributed by atoms with Crippen LogP contribution in [0.15, 0.2) is 45.2 Å². The molecule has 0 bridgehead atoms. The Kier molecular flexibility index (Phi) is 7.10. The molecule has 2 N–H and O–H groups in total. The number of hydrogen-bond donors (Lipinski definition) is 2. The smallest absolute Gasteiger partial charge is 0.323 e. The maximum Gasteiger partial charge on any atom is 0.323 e. The maximum atomic E-state index is 12.9. The zero-order valence-electron chi connectivity index (χ0n) is 18.4. The fraction of sp³-hybridized carbons (Fsp3) is 0.240. The van der Waals surface area contributed by atoms with Crippen molar-refractivity contribution in [1.82, 2.24) is 4.57 Å². The first-order chi connectivity index (χ1) is 15.6. The van der Waals surface area contributed by atoms with E-state index in [1.807, 2.05) is 49.3 Å². The molecule has 1 heterocycles. The van der Waals surface area contributed by atoms with Crippen LogP contribution in [0.4, 0.5) is 11.4 Å². The van der Waals surface area contributed by atoms with Gasteiger partial charge in [-0.25, -0.2) is 4.85 Å². The van der Waals surface area contributed by atoms with E-state index in [4.69, 9.17) is 23.3 Å². The summed E-state index contributed by atoms with van der Waals surface area (Å²) in [6.07, 6.45) is 5.76. The van der Waals surface area contributed by atoms with Crippen LogP contribution in [0.25, 0.3) is 23.6 Å². The molecule has 1 aliphatic carbocycles. The third-order valence-corrected chi connectivity index (χ3v) is 5.97. The molecular weight excluding hydrogens is 442 g/mol. The molecule has 0 spiro atoms. The second kappa shape index (κ2) is 9.80. The minimum Gasteiger partial charge on any atom is -0.503 e. The summed E-state index contributed by atoms with van der Waals surface area (Å²) in [5, 5.41) is 19.9. The monoisotopic (exact) mass is 465 g/mol. The molecule has 0 fully saturated rings. The van der Waals surface area contributed by atoms with Crippen molar-refractivity contribution in [2.75, 3.05) is 19.0 Å². The number of nitrogens with zero attached hydrogens (tertiary/aromatic N) is 3. The van der Waals surface area contributed by atoms with Crippen molar-refractivity contribution < 1.29 is 15.0 Å². The molecule has 1 aliphatic rings. The van der Waals surface area contributed by atoms with Gasteiger partial charge in [0.05, 0.1) is 6.57 Å². The topological polar surface area (TPSA) is 87.1 Å². The molecule has 8 heteroatoms. The van der Waals surface area contributed by atoms with Crippen LogP contribution < -0.4 is 20.9 Å². The summed E-state index contributed by atoms with van der Waals surface area (Å²) in [4.78, 5) is 29.4. The Hall–Kier alpha value is -3.76. The normalized spacial score (nSPS) is 15.6. The van der Waals surface area contributed by atoms with E-state index in [0.717, 1.165) is 29.7 Å². The molecule has 0 radical (unpaired) electrons. The zero-order chi connectivity index (χ0) is 24.3. The molecule has 170 valence electrons. The van der Waals surface area contributed by atoms with Crippen LogP contribution in [0.2, 0.25) is 0 Å². The molecule has 0 saturated carbocycles. The quantitative estimate of drug-likeness (QED) is 0.662. The Morgan fingerprint density at radius 1 is 1.27 bits per heavy atom. The summed E-state index contributed by atoms with van der Waals surface area (Å²) >= 11 is 6.70. The lowest BCUT2D eigenvalue weighted by molar-refractivity contribution is -0.137. The van der Waals surface area contributed by atoms with Crippen LogP contribution in [-0.2, 0) is 11.3 Å². The van der Waals surface area contributed by atoms with E-state index in [1.165, 1.54) is 0 Å². The van der Waals surface area contributed by atoms with Crippen molar-refractivity contribution in [1.29, 1.82) is 0 Å². The summed E-state index contributed by atoms with van der Waals surface area (Å²) in [5.41, 5.74) is 2.71. The average Bonchev–Trinajstić information content (AvgIpc) is 2.77. The Morgan fingerprint density at radius 2 is 1.94 bits per heavy atom. The van der Waals surface area contributed by atoms with Crippen molar-refractivity contribution in [3.63, 3.8) is 0 Å². The third kappa shape index (κ3) is 5.02. The summed E-state index contributed by atoms with van der Waals surface area (Å²) in [6.45, 7) is 10.3. The Labute approximate surface area is 196 Å². The van der Waals surface area contributed by atoms with Gasteiger partial charge in [0.25, 0.3) is 11.2 Å². The number of allylic oxidation sites excluding steroid dienone is 3. The lowest BCUT2D eigenvalue weighted by Crippen LogP contribution is -2.45. The predicted molar refractivity (Wildman–Crippen MR) is 131 cm³/mol. The summed E-state index contributed by atoms with van der Waals surface area (Å²) in [7, 11) is 3.95. The first-order valence-electron chi connectivity index (χ1n) is 10.3. The van der Waals surface area contributed by atoms with E-state index in [0.29, 0.717) is 21.6 Å². The van der Waals surface area contributed by atoms with E-state index in [9.17, 15) is 14.7 Å². The maximum absolute atomic E-state index is 12.9. The number of halogens is 1. The van der Waals surface area contributed by atoms with Crippen LogP contribution in [0, 0.1) is 6.57 Å². The van der Waals surface area contributed by atoms with Crippen LogP contribution in [0.5, 0.6) is 5.88 Å². The van der Waals surface area contributed by atoms with E-state index in [-0.39, 0.29) is 16.1 Å².